The van der Waals surface area contributed by atoms with Gasteiger partial charge >= 0.3 is 0 Å². The molecule has 21 heavy (non-hydrogen) atoms. The highest BCUT2D eigenvalue weighted by atomic mass is 16.5. The first kappa shape index (κ1) is 15.1. The predicted octanol–water partition coefficient (Wildman–Crippen LogP) is 3.83. The lowest BCUT2D eigenvalue weighted by atomic mass is 10.1. The quantitative estimate of drug-likeness (QED) is 0.874. The minimum atomic E-state index is -0.0468. The molecule has 0 saturated carbocycles. The third-order valence-electron chi connectivity index (χ3n) is 2.62. The molecule has 0 aliphatic carbocycles. The topological polar surface area (TPSA) is 59.1 Å². The molecule has 0 spiro atoms. The Bertz CT molecular complexity index is 593. The highest BCUT2D eigenvalue weighted by Gasteiger charge is 2.11. The number of benzene rings is 1. The lowest BCUT2D eigenvalue weighted by Gasteiger charge is -2.21. The van der Waals surface area contributed by atoms with Crippen LogP contribution in [0.1, 0.15) is 27.7 Å². The zero-order valence-corrected chi connectivity index (χ0v) is 13.0. The highest BCUT2D eigenvalue weighted by molar-refractivity contribution is 5.65. The van der Waals surface area contributed by atoms with Crippen molar-refractivity contribution in [3.8, 4) is 5.75 Å². The van der Waals surface area contributed by atoms with E-state index in [0.717, 1.165) is 23.1 Å². The summed E-state index contributed by atoms with van der Waals surface area (Å²) >= 11 is 0. The van der Waals surface area contributed by atoms with E-state index in [0.29, 0.717) is 6.61 Å². The lowest BCUT2D eigenvalue weighted by Crippen LogP contribution is -2.26. The average Bonchev–Trinajstić information content (AvgIpc) is 2.40. The molecule has 0 bridgehead atoms. The molecule has 0 aliphatic heterocycles. The molecule has 0 aliphatic rings. The summed E-state index contributed by atoms with van der Waals surface area (Å²) in [7, 11) is 0. The molecule has 1 aromatic carbocycles. The summed E-state index contributed by atoms with van der Waals surface area (Å²) in [6.45, 7) is 8.86. The molecule has 5 heteroatoms. The fourth-order valence-electron chi connectivity index (χ4n) is 1.87. The molecule has 0 amide bonds. The molecule has 0 saturated heterocycles. The fourth-order valence-corrected chi connectivity index (χ4v) is 1.87. The molecule has 0 radical (unpaired) electrons. The molecule has 0 unspecified atom stereocenters. The van der Waals surface area contributed by atoms with Gasteiger partial charge < -0.3 is 15.4 Å². The van der Waals surface area contributed by atoms with Gasteiger partial charge in [-0.3, -0.25) is 0 Å². The van der Waals surface area contributed by atoms with E-state index >= 15 is 0 Å². The van der Waals surface area contributed by atoms with E-state index in [4.69, 9.17) is 4.74 Å². The molecule has 2 aromatic rings. The Labute approximate surface area is 125 Å². The van der Waals surface area contributed by atoms with Gasteiger partial charge in [0, 0.05) is 11.6 Å². The largest absolute Gasteiger partial charge is 0.492 e. The van der Waals surface area contributed by atoms with E-state index in [2.05, 4.69) is 41.4 Å². The van der Waals surface area contributed by atoms with Crippen molar-refractivity contribution in [2.75, 3.05) is 17.2 Å². The van der Waals surface area contributed by atoms with Gasteiger partial charge in [-0.05, 0) is 39.8 Å². The highest BCUT2D eigenvalue weighted by Crippen LogP contribution is 2.27. The van der Waals surface area contributed by atoms with Crippen LogP contribution in [-0.4, -0.2) is 22.1 Å². The van der Waals surface area contributed by atoms with Gasteiger partial charge in [-0.1, -0.05) is 12.1 Å². The van der Waals surface area contributed by atoms with Gasteiger partial charge in [0.1, 0.15) is 23.7 Å². The number of ether oxygens (including phenoxy) is 1. The van der Waals surface area contributed by atoms with Crippen LogP contribution < -0.4 is 15.4 Å². The number of rotatable bonds is 5. The normalized spacial score (nSPS) is 11.0. The van der Waals surface area contributed by atoms with Crippen LogP contribution in [-0.2, 0) is 0 Å². The van der Waals surface area contributed by atoms with Gasteiger partial charge in [0.2, 0.25) is 0 Å². The molecular weight excluding hydrogens is 264 g/mol. The van der Waals surface area contributed by atoms with Crippen LogP contribution in [0.2, 0.25) is 0 Å². The maximum absolute atomic E-state index is 5.60. The number of hydrogen-bond acceptors (Lipinski definition) is 5. The van der Waals surface area contributed by atoms with E-state index in [-0.39, 0.29) is 5.54 Å². The second-order valence-corrected chi connectivity index (χ2v) is 5.72. The van der Waals surface area contributed by atoms with Gasteiger partial charge in [0.25, 0.3) is 0 Å². The van der Waals surface area contributed by atoms with Crippen LogP contribution in [0, 0.1) is 0 Å². The average molecular weight is 286 g/mol. The number of nitrogens with one attached hydrogen (secondary N) is 2. The maximum atomic E-state index is 5.60. The smallest absolute Gasteiger partial charge is 0.142 e. The molecule has 0 atom stereocenters. The standard InChI is InChI=1S/C16H22N4O/c1-5-21-13-9-7-6-8-12(13)19-14-10-15(18-11-17-14)20-16(2,3)4/h6-11H,5H2,1-4H3,(H2,17,18,19,20). The molecular formula is C16H22N4O. The van der Waals surface area contributed by atoms with Crippen LogP contribution in [0.5, 0.6) is 5.75 Å². The second-order valence-electron chi connectivity index (χ2n) is 5.72. The Morgan fingerprint density at radius 3 is 2.52 bits per heavy atom. The van der Waals surface area contributed by atoms with Crippen LogP contribution >= 0.6 is 0 Å². The molecule has 2 N–H and O–H groups in total. The zero-order chi connectivity index (χ0) is 15.3. The summed E-state index contributed by atoms with van der Waals surface area (Å²) in [5.41, 5.74) is 0.842. The fraction of sp³-hybridized carbons (Fsp3) is 0.375. The van der Waals surface area contributed by atoms with Crippen LogP contribution in [0.4, 0.5) is 17.3 Å². The Morgan fingerprint density at radius 2 is 1.81 bits per heavy atom. The van der Waals surface area contributed by atoms with E-state index < -0.39 is 0 Å². The van der Waals surface area contributed by atoms with E-state index in [1.807, 2.05) is 37.3 Å². The minimum Gasteiger partial charge on any atom is -0.492 e. The molecule has 1 heterocycles. The SMILES string of the molecule is CCOc1ccccc1Nc1cc(NC(C)(C)C)ncn1. The summed E-state index contributed by atoms with van der Waals surface area (Å²) < 4.78 is 5.60. The molecule has 2 rings (SSSR count). The number of aromatic nitrogens is 2. The van der Waals surface area contributed by atoms with Crippen molar-refractivity contribution in [2.45, 2.75) is 33.2 Å². The number of para-hydroxylation sites is 2. The Balaban J connectivity index is 2.18. The molecule has 1 aromatic heterocycles. The molecule has 5 nitrogen and oxygen atoms in total. The lowest BCUT2D eigenvalue weighted by molar-refractivity contribution is 0.342. The van der Waals surface area contributed by atoms with Crippen LogP contribution in [0.15, 0.2) is 36.7 Å². The summed E-state index contributed by atoms with van der Waals surface area (Å²) in [6.07, 6.45) is 1.54. The summed E-state index contributed by atoms with van der Waals surface area (Å²) in [4.78, 5) is 8.48. The molecule has 112 valence electrons. The summed E-state index contributed by atoms with van der Waals surface area (Å²) in [6, 6.07) is 9.68. The summed E-state index contributed by atoms with van der Waals surface area (Å²) in [5, 5.41) is 6.59. The van der Waals surface area contributed by atoms with Crippen LogP contribution in [0.25, 0.3) is 0 Å². The zero-order valence-electron chi connectivity index (χ0n) is 13.0. The van der Waals surface area contributed by atoms with Crippen molar-refractivity contribution in [3.63, 3.8) is 0 Å². The number of anilines is 3. The van der Waals surface area contributed by atoms with Crippen molar-refractivity contribution < 1.29 is 4.74 Å². The number of nitrogens with zero attached hydrogens (tertiary/aromatic N) is 2. The Morgan fingerprint density at radius 1 is 1.10 bits per heavy atom. The molecule has 0 fully saturated rings. The van der Waals surface area contributed by atoms with Crippen molar-refractivity contribution in [3.05, 3.63) is 36.7 Å². The Hall–Kier alpha value is -2.30. The van der Waals surface area contributed by atoms with Gasteiger partial charge in [-0.25, -0.2) is 9.97 Å². The van der Waals surface area contributed by atoms with E-state index in [1.165, 1.54) is 0 Å². The first-order chi connectivity index (χ1) is 9.98. The van der Waals surface area contributed by atoms with E-state index in [1.54, 1.807) is 6.33 Å². The van der Waals surface area contributed by atoms with Crippen LogP contribution in [0.3, 0.4) is 0 Å². The van der Waals surface area contributed by atoms with Gasteiger partial charge in [0.15, 0.2) is 0 Å². The second kappa shape index (κ2) is 6.43. The predicted molar refractivity (Wildman–Crippen MR) is 86.3 cm³/mol. The van der Waals surface area contributed by atoms with Crippen molar-refractivity contribution in [1.82, 2.24) is 9.97 Å². The first-order valence-corrected chi connectivity index (χ1v) is 7.07. The third kappa shape index (κ3) is 4.63. The van der Waals surface area contributed by atoms with Gasteiger partial charge in [-0.2, -0.15) is 0 Å². The third-order valence-corrected chi connectivity index (χ3v) is 2.62. The van der Waals surface area contributed by atoms with Crippen molar-refractivity contribution >= 4 is 17.3 Å². The van der Waals surface area contributed by atoms with Crippen molar-refractivity contribution in [1.29, 1.82) is 0 Å². The Kier molecular flexibility index (Phi) is 4.62. The van der Waals surface area contributed by atoms with Gasteiger partial charge in [-0.15, -0.1) is 0 Å². The minimum absolute atomic E-state index is 0.0468. The van der Waals surface area contributed by atoms with Gasteiger partial charge in [0.05, 0.1) is 12.3 Å². The summed E-state index contributed by atoms with van der Waals surface area (Å²) in [5.74, 6) is 2.32. The maximum Gasteiger partial charge on any atom is 0.142 e. The monoisotopic (exact) mass is 286 g/mol. The van der Waals surface area contributed by atoms with Crippen molar-refractivity contribution in [2.24, 2.45) is 0 Å². The first-order valence-electron chi connectivity index (χ1n) is 7.07. The number of hydrogen-bond donors (Lipinski definition) is 2. The van der Waals surface area contributed by atoms with E-state index in [9.17, 15) is 0 Å².